The molecule has 2 heterocycles. The summed E-state index contributed by atoms with van der Waals surface area (Å²) in [6.07, 6.45) is 6.48. The van der Waals surface area contributed by atoms with Gasteiger partial charge < -0.3 is 15.5 Å². The van der Waals surface area contributed by atoms with Crippen molar-refractivity contribution in [2.24, 2.45) is 24.6 Å². The van der Waals surface area contributed by atoms with Crippen LogP contribution in [0, 0.1) is 11.8 Å². The fourth-order valence-electron chi connectivity index (χ4n) is 3.56. The van der Waals surface area contributed by atoms with E-state index in [2.05, 4.69) is 5.10 Å². The second kappa shape index (κ2) is 7.31. The standard InChI is InChI=1S/C15H23N5O2.ClH/c1-18-9-12(8-17-18)20-6-5-19(10-14(20)21)15(22)13-4-2-3-11(13)7-16;/h8-9,11,13H,2-7,10,16H2,1H3;1H/t11-,13-;/m1./s1. The predicted molar refractivity (Wildman–Crippen MR) is 89.3 cm³/mol. The quantitative estimate of drug-likeness (QED) is 0.862. The number of nitrogens with zero attached hydrogens (tertiary/aromatic N) is 4. The molecule has 2 aliphatic rings. The highest BCUT2D eigenvalue weighted by Crippen LogP contribution is 2.32. The summed E-state index contributed by atoms with van der Waals surface area (Å²) in [5.74, 6) is 0.337. The van der Waals surface area contributed by atoms with Crippen molar-refractivity contribution < 1.29 is 9.59 Å². The number of anilines is 1. The van der Waals surface area contributed by atoms with Crippen LogP contribution in [0.5, 0.6) is 0 Å². The number of aromatic nitrogens is 2. The van der Waals surface area contributed by atoms with E-state index < -0.39 is 0 Å². The van der Waals surface area contributed by atoms with Gasteiger partial charge in [0.15, 0.2) is 0 Å². The largest absolute Gasteiger partial charge is 0.331 e. The van der Waals surface area contributed by atoms with Crippen molar-refractivity contribution in [3.05, 3.63) is 12.4 Å². The molecular weight excluding hydrogens is 318 g/mol. The molecule has 0 spiro atoms. The van der Waals surface area contributed by atoms with Crippen LogP contribution in [0.25, 0.3) is 0 Å². The maximum Gasteiger partial charge on any atom is 0.246 e. The zero-order valence-corrected chi connectivity index (χ0v) is 14.2. The molecule has 1 aliphatic heterocycles. The van der Waals surface area contributed by atoms with Gasteiger partial charge in [-0.25, -0.2) is 0 Å². The molecule has 0 radical (unpaired) electrons. The number of piperazine rings is 1. The molecule has 1 aromatic heterocycles. The fourth-order valence-corrected chi connectivity index (χ4v) is 3.56. The molecule has 8 heteroatoms. The lowest BCUT2D eigenvalue weighted by Gasteiger charge is -2.35. The van der Waals surface area contributed by atoms with E-state index >= 15 is 0 Å². The van der Waals surface area contributed by atoms with Crippen LogP contribution in [-0.2, 0) is 16.6 Å². The Morgan fingerprint density at radius 3 is 2.78 bits per heavy atom. The summed E-state index contributed by atoms with van der Waals surface area (Å²) in [6, 6.07) is 0. The van der Waals surface area contributed by atoms with Crippen molar-refractivity contribution in [3.8, 4) is 0 Å². The molecule has 1 aliphatic carbocycles. The lowest BCUT2D eigenvalue weighted by molar-refractivity contribution is -0.141. The van der Waals surface area contributed by atoms with Gasteiger partial charge in [-0.2, -0.15) is 5.10 Å². The smallest absolute Gasteiger partial charge is 0.246 e. The minimum atomic E-state index is -0.0464. The van der Waals surface area contributed by atoms with E-state index in [-0.39, 0.29) is 42.6 Å². The third-order valence-corrected chi connectivity index (χ3v) is 4.81. The van der Waals surface area contributed by atoms with Gasteiger partial charge in [0.1, 0.15) is 6.54 Å². The van der Waals surface area contributed by atoms with E-state index in [9.17, 15) is 9.59 Å². The highest BCUT2D eigenvalue weighted by Gasteiger charge is 2.37. The topological polar surface area (TPSA) is 84.5 Å². The van der Waals surface area contributed by atoms with Gasteiger partial charge in [0.05, 0.1) is 11.9 Å². The summed E-state index contributed by atoms with van der Waals surface area (Å²) < 4.78 is 1.67. The summed E-state index contributed by atoms with van der Waals surface area (Å²) in [4.78, 5) is 28.4. The zero-order valence-electron chi connectivity index (χ0n) is 13.4. The van der Waals surface area contributed by atoms with Crippen LogP contribution in [0.3, 0.4) is 0 Å². The van der Waals surface area contributed by atoms with E-state index in [0.717, 1.165) is 24.9 Å². The van der Waals surface area contributed by atoms with Crippen molar-refractivity contribution in [1.82, 2.24) is 14.7 Å². The van der Waals surface area contributed by atoms with E-state index in [1.54, 1.807) is 20.7 Å². The molecule has 0 unspecified atom stereocenters. The summed E-state index contributed by atoms with van der Waals surface area (Å²) in [5.41, 5.74) is 6.56. The minimum Gasteiger partial charge on any atom is -0.331 e. The molecule has 1 saturated heterocycles. The van der Waals surface area contributed by atoms with E-state index in [1.165, 1.54) is 0 Å². The molecule has 128 valence electrons. The molecule has 1 aromatic rings. The monoisotopic (exact) mass is 341 g/mol. The number of carbonyl (C=O) groups excluding carboxylic acids is 2. The molecule has 2 N–H and O–H groups in total. The Bertz CT molecular complexity index is 576. The molecule has 0 aromatic carbocycles. The number of rotatable bonds is 3. The molecule has 2 atom stereocenters. The number of carbonyl (C=O) groups is 2. The number of hydrogen-bond donors (Lipinski definition) is 1. The second-order valence-corrected chi connectivity index (χ2v) is 6.21. The lowest BCUT2D eigenvalue weighted by Crippen LogP contribution is -2.54. The Balaban J connectivity index is 0.00000192. The first-order chi connectivity index (χ1) is 10.6. The maximum atomic E-state index is 12.6. The zero-order chi connectivity index (χ0) is 15.7. The summed E-state index contributed by atoms with van der Waals surface area (Å²) in [6.45, 7) is 1.81. The first-order valence-electron chi connectivity index (χ1n) is 7.88. The van der Waals surface area contributed by atoms with Gasteiger partial charge >= 0.3 is 0 Å². The minimum absolute atomic E-state index is 0. The summed E-state index contributed by atoms with van der Waals surface area (Å²) in [5, 5.41) is 4.09. The van der Waals surface area contributed by atoms with E-state index in [4.69, 9.17) is 5.73 Å². The van der Waals surface area contributed by atoms with Crippen LogP contribution in [0.2, 0.25) is 0 Å². The number of hydrogen-bond acceptors (Lipinski definition) is 4. The summed E-state index contributed by atoms with van der Waals surface area (Å²) in [7, 11) is 1.82. The third-order valence-electron chi connectivity index (χ3n) is 4.81. The van der Waals surface area contributed by atoms with Crippen LogP contribution in [0.1, 0.15) is 19.3 Å². The average Bonchev–Trinajstić information content (AvgIpc) is 3.14. The van der Waals surface area contributed by atoms with Gasteiger partial charge in [-0.1, -0.05) is 6.42 Å². The van der Waals surface area contributed by atoms with Gasteiger partial charge in [-0.05, 0) is 25.3 Å². The highest BCUT2D eigenvalue weighted by atomic mass is 35.5. The molecule has 2 fully saturated rings. The predicted octanol–water partition coefficient (Wildman–Crippen LogP) is 0.392. The van der Waals surface area contributed by atoms with Crippen LogP contribution in [0.15, 0.2) is 12.4 Å². The van der Waals surface area contributed by atoms with Crippen LogP contribution < -0.4 is 10.6 Å². The maximum absolute atomic E-state index is 12.6. The highest BCUT2D eigenvalue weighted by molar-refractivity contribution is 5.98. The van der Waals surface area contributed by atoms with Crippen LogP contribution in [-0.4, -0.2) is 52.7 Å². The van der Waals surface area contributed by atoms with E-state index in [1.807, 2.05) is 13.2 Å². The first kappa shape index (κ1) is 17.7. The Morgan fingerprint density at radius 2 is 2.17 bits per heavy atom. The van der Waals surface area contributed by atoms with E-state index in [0.29, 0.717) is 19.6 Å². The van der Waals surface area contributed by atoms with Crippen LogP contribution >= 0.6 is 12.4 Å². The van der Waals surface area contributed by atoms with Crippen molar-refractivity contribution in [2.75, 3.05) is 31.1 Å². The van der Waals surface area contributed by atoms with Gasteiger partial charge in [-0.15, -0.1) is 12.4 Å². The van der Waals surface area contributed by atoms with Crippen molar-refractivity contribution in [3.63, 3.8) is 0 Å². The van der Waals surface area contributed by atoms with Gasteiger partial charge in [0.2, 0.25) is 11.8 Å². The third kappa shape index (κ3) is 3.50. The summed E-state index contributed by atoms with van der Waals surface area (Å²) >= 11 is 0. The lowest BCUT2D eigenvalue weighted by atomic mass is 9.94. The Labute approximate surface area is 142 Å². The van der Waals surface area contributed by atoms with Gasteiger partial charge in [0, 0.05) is 32.3 Å². The van der Waals surface area contributed by atoms with Crippen molar-refractivity contribution >= 4 is 29.9 Å². The molecule has 0 bridgehead atoms. The number of amides is 2. The number of nitrogens with two attached hydrogens (primary N) is 1. The molecular formula is C15H24ClN5O2. The second-order valence-electron chi connectivity index (χ2n) is 6.21. The first-order valence-corrected chi connectivity index (χ1v) is 7.88. The average molecular weight is 342 g/mol. The SMILES string of the molecule is Cl.Cn1cc(N2CCN(C(=O)[C@@H]3CCC[C@@H]3CN)CC2=O)cn1. The fraction of sp³-hybridized carbons (Fsp3) is 0.667. The normalized spacial score (nSPS) is 24.7. The number of aryl methyl sites for hydroxylation is 1. The Hall–Kier alpha value is -1.60. The van der Waals surface area contributed by atoms with Gasteiger partial charge in [-0.3, -0.25) is 14.3 Å². The molecule has 7 nitrogen and oxygen atoms in total. The molecule has 2 amide bonds. The van der Waals surface area contributed by atoms with Crippen LogP contribution in [0.4, 0.5) is 5.69 Å². The Kier molecular flexibility index (Phi) is 5.64. The molecule has 23 heavy (non-hydrogen) atoms. The number of halogens is 1. The van der Waals surface area contributed by atoms with Crippen molar-refractivity contribution in [1.29, 1.82) is 0 Å². The molecule has 3 rings (SSSR count). The van der Waals surface area contributed by atoms with Gasteiger partial charge in [0.25, 0.3) is 0 Å². The van der Waals surface area contributed by atoms with Crippen molar-refractivity contribution in [2.45, 2.75) is 19.3 Å². The Morgan fingerprint density at radius 1 is 1.39 bits per heavy atom. The molecule has 1 saturated carbocycles.